The summed E-state index contributed by atoms with van der Waals surface area (Å²) in [5.74, 6) is 2.49. The number of benzene rings is 11. The van der Waals surface area contributed by atoms with Crippen molar-refractivity contribution in [1.82, 2.24) is 19.9 Å². The van der Waals surface area contributed by atoms with E-state index >= 15 is 0 Å². The smallest absolute Gasteiger partial charge is 0.227 e. The molecule has 0 saturated heterocycles. The molecular weight excluding hydrogens is 769 g/mol. The zero-order valence-electron chi connectivity index (χ0n) is 33.8. The van der Waals surface area contributed by atoms with E-state index in [-0.39, 0.29) is 0 Å². The Morgan fingerprint density at radius 2 is 0.762 bits per heavy atom. The second-order valence-corrected chi connectivity index (χ2v) is 16.2. The van der Waals surface area contributed by atoms with Crippen molar-refractivity contribution < 1.29 is 4.42 Å². The molecule has 0 aliphatic rings. The summed E-state index contributed by atoms with van der Waals surface area (Å²) in [5.41, 5.74) is 7.57. The van der Waals surface area contributed by atoms with Crippen LogP contribution in [0.3, 0.4) is 0 Å². The summed E-state index contributed by atoms with van der Waals surface area (Å²) < 4.78 is 6.51. The van der Waals surface area contributed by atoms with Crippen LogP contribution in [0.4, 0.5) is 0 Å². The Balaban J connectivity index is 0.951. The van der Waals surface area contributed by atoms with Gasteiger partial charge in [0.15, 0.2) is 23.1 Å². The molecule has 0 aliphatic heterocycles. The largest absolute Gasteiger partial charge is 0.435 e. The number of hydrogen-bond donors (Lipinski definition) is 0. The number of rotatable bonds is 5. The van der Waals surface area contributed by atoms with Crippen LogP contribution in [-0.2, 0) is 0 Å². The Kier molecular flexibility index (Phi) is 7.84. The third kappa shape index (κ3) is 5.86. The van der Waals surface area contributed by atoms with Crippen molar-refractivity contribution in [2.24, 2.45) is 0 Å². The van der Waals surface area contributed by atoms with Crippen LogP contribution >= 0.6 is 0 Å². The van der Waals surface area contributed by atoms with Gasteiger partial charge in [0.25, 0.3) is 0 Å². The standard InChI is InChI=1S/C58H34N4O/c1-2-12-37(13-3-1)58-59-52-30-28-36-15-10-20-45(53(36)54(52)63-58)41-24-22-40-33-43(26-23-39(40)31-41)56-60-55(42-25-21-35-11-4-5-14-38(35)32-42)61-57(62-56)44-27-29-50-48-18-7-6-16-46(48)47-17-8-9-19-49(47)51(50)34-44/h1-34H. The van der Waals surface area contributed by atoms with Crippen LogP contribution in [0.15, 0.2) is 211 Å². The van der Waals surface area contributed by atoms with Gasteiger partial charge in [-0.2, -0.15) is 0 Å². The summed E-state index contributed by atoms with van der Waals surface area (Å²) in [6.07, 6.45) is 0. The highest BCUT2D eigenvalue weighted by Crippen LogP contribution is 2.40. The number of nitrogens with zero attached hydrogens (tertiary/aromatic N) is 4. The molecule has 0 fully saturated rings. The van der Waals surface area contributed by atoms with Gasteiger partial charge in [-0.05, 0) is 113 Å². The monoisotopic (exact) mass is 802 g/mol. The maximum atomic E-state index is 6.51. The zero-order valence-corrected chi connectivity index (χ0v) is 33.8. The average Bonchev–Trinajstić information content (AvgIpc) is 3.81. The highest BCUT2D eigenvalue weighted by atomic mass is 16.3. The second kappa shape index (κ2) is 14.0. The van der Waals surface area contributed by atoms with Crippen molar-refractivity contribution >= 4 is 75.7 Å². The summed E-state index contributed by atoms with van der Waals surface area (Å²) in [7, 11) is 0. The highest BCUT2D eigenvalue weighted by molar-refractivity contribution is 6.25. The predicted molar refractivity (Wildman–Crippen MR) is 260 cm³/mol. The van der Waals surface area contributed by atoms with E-state index in [9.17, 15) is 0 Å². The SMILES string of the molecule is c1ccc(-c2nc3ccc4cccc(-c5ccc6cc(-c7nc(-c8ccc9ccccc9c8)nc(-c8ccc9c%10ccccc%10c%10ccccc%10c9c8)n7)ccc6c5)c4c3o2)cc1. The van der Waals surface area contributed by atoms with Gasteiger partial charge < -0.3 is 4.42 Å². The van der Waals surface area contributed by atoms with Gasteiger partial charge in [-0.25, -0.2) is 19.9 Å². The number of fused-ring (bicyclic) bond motifs is 11. The fraction of sp³-hybridized carbons (Fsp3) is 0. The summed E-state index contributed by atoms with van der Waals surface area (Å²) >= 11 is 0. The molecule has 5 heteroatoms. The Hall–Kier alpha value is -8.54. The molecule has 63 heavy (non-hydrogen) atoms. The normalized spacial score (nSPS) is 11.8. The zero-order chi connectivity index (χ0) is 41.4. The van der Waals surface area contributed by atoms with Crippen molar-refractivity contribution in [3.05, 3.63) is 206 Å². The maximum Gasteiger partial charge on any atom is 0.227 e. The molecule has 0 amide bonds. The van der Waals surface area contributed by atoms with E-state index < -0.39 is 0 Å². The first-order valence-electron chi connectivity index (χ1n) is 21.2. The Morgan fingerprint density at radius 3 is 1.44 bits per heavy atom. The van der Waals surface area contributed by atoms with Crippen molar-refractivity contribution in [3.8, 4) is 56.7 Å². The van der Waals surface area contributed by atoms with E-state index in [2.05, 4.69) is 170 Å². The van der Waals surface area contributed by atoms with Gasteiger partial charge in [-0.3, -0.25) is 0 Å². The summed E-state index contributed by atoms with van der Waals surface area (Å²) in [5, 5.41) is 14.0. The molecule has 5 nitrogen and oxygen atoms in total. The summed E-state index contributed by atoms with van der Waals surface area (Å²) in [6.45, 7) is 0. The van der Waals surface area contributed by atoms with Crippen LogP contribution in [0.1, 0.15) is 0 Å². The molecule has 0 saturated carbocycles. The summed E-state index contributed by atoms with van der Waals surface area (Å²) in [4.78, 5) is 20.5. The Labute approximate surface area is 361 Å². The van der Waals surface area contributed by atoms with Gasteiger partial charge in [0, 0.05) is 27.6 Å². The molecule has 2 aromatic heterocycles. The van der Waals surface area contributed by atoms with Crippen LogP contribution in [0.2, 0.25) is 0 Å². The molecule has 0 N–H and O–H groups in total. The Morgan fingerprint density at radius 1 is 0.286 bits per heavy atom. The quantitative estimate of drug-likeness (QED) is 0.162. The number of aromatic nitrogens is 4. The lowest BCUT2D eigenvalue weighted by atomic mass is 9.93. The molecule has 0 bridgehead atoms. The van der Waals surface area contributed by atoms with E-state index in [0.29, 0.717) is 23.4 Å². The minimum Gasteiger partial charge on any atom is -0.435 e. The molecule has 13 rings (SSSR count). The molecule has 0 unspecified atom stereocenters. The minimum atomic E-state index is 0.618. The van der Waals surface area contributed by atoms with Crippen molar-refractivity contribution in [3.63, 3.8) is 0 Å². The van der Waals surface area contributed by atoms with Crippen molar-refractivity contribution in [2.75, 3.05) is 0 Å². The molecule has 2 heterocycles. The van der Waals surface area contributed by atoms with Gasteiger partial charge >= 0.3 is 0 Å². The number of hydrogen-bond acceptors (Lipinski definition) is 5. The summed E-state index contributed by atoms with van der Waals surface area (Å²) in [6, 6.07) is 72.5. The van der Waals surface area contributed by atoms with Gasteiger partial charge in [0.1, 0.15) is 5.52 Å². The van der Waals surface area contributed by atoms with Crippen LogP contribution < -0.4 is 0 Å². The first kappa shape index (κ1) is 35.2. The lowest BCUT2D eigenvalue weighted by molar-refractivity contribution is 0.623. The van der Waals surface area contributed by atoms with E-state index in [4.69, 9.17) is 24.4 Å². The van der Waals surface area contributed by atoms with Crippen molar-refractivity contribution in [2.45, 2.75) is 0 Å². The predicted octanol–water partition coefficient (Wildman–Crippen LogP) is 15.3. The second-order valence-electron chi connectivity index (χ2n) is 16.2. The molecular formula is C58H34N4O. The Bertz CT molecular complexity index is 3950. The molecule has 0 radical (unpaired) electrons. The van der Waals surface area contributed by atoms with Crippen LogP contribution in [0.5, 0.6) is 0 Å². The van der Waals surface area contributed by atoms with Crippen molar-refractivity contribution in [1.29, 1.82) is 0 Å². The lowest BCUT2D eigenvalue weighted by Crippen LogP contribution is -2.00. The molecule has 0 atom stereocenters. The third-order valence-electron chi connectivity index (χ3n) is 12.5. The van der Waals surface area contributed by atoms with Gasteiger partial charge in [0.05, 0.1) is 0 Å². The molecule has 11 aromatic carbocycles. The van der Waals surface area contributed by atoms with Crippen LogP contribution in [-0.4, -0.2) is 19.9 Å². The number of oxazole rings is 1. The third-order valence-corrected chi connectivity index (χ3v) is 12.5. The van der Waals surface area contributed by atoms with E-state index in [1.807, 2.05) is 36.4 Å². The van der Waals surface area contributed by atoms with Gasteiger partial charge in [0.2, 0.25) is 5.89 Å². The maximum absolute atomic E-state index is 6.51. The van der Waals surface area contributed by atoms with Gasteiger partial charge in [-0.1, -0.05) is 164 Å². The molecule has 0 aliphatic carbocycles. The first-order chi connectivity index (χ1) is 31.2. The molecule has 13 aromatic rings. The van der Waals surface area contributed by atoms with E-state index in [0.717, 1.165) is 71.4 Å². The minimum absolute atomic E-state index is 0.618. The fourth-order valence-corrected chi connectivity index (χ4v) is 9.39. The highest BCUT2D eigenvalue weighted by Gasteiger charge is 2.18. The first-order valence-corrected chi connectivity index (χ1v) is 21.2. The lowest BCUT2D eigenvalue weighted by Gasteiger charge is -2.13. The fourth-order valence-electron chi connectivity index (χ4n) is 9.39. The van der Waals surface area contributed by atoms with E-state index in [1.165, 1.54) is 37.7 Å². The van der Waals surface area contributed by atoms with E-state index in [1.54, 1.807) is 0 Å². The van der Waals surface area contributed by atoms with Gasteiger partial charge in [-0.15, -0.1) is 0 Å². The molecule has 292 valence electrons. The molecule has 0 spiro atoms. The average molecular weight is 803 g/mol. The topological polar surface area (TPSA) is 64.7 Å². The van der Waals surface area contributed by atoms with Crippen LogP contribution in [0, 0.1) is 0 Å². The van der Waals surface area contributed by atoms with Crippen LogP contribution in [0.25, 0.3) is 132 Å².